The molecule has 2 heterocycles. The summed E-state index contributed by atoms with van der Waals surface area (Å²) in [5, 5.41) is 4.06. The summed E-state index contributed by atoms with van der Waals surface area (Å²) in [5.41, 5.74) is 2.99. The molecule has 20 heavy (non-hydrogen) atoms. The standard InChI is InChI=1S/C14H18N2O2S2/c1-2-3-6-20(17,18)16-9-12-7-14(10-15-8-12)13-4-5-19-11-13/h4-5,7-8,10-11,16H,2-3,6,9H2,1H3. The minimum atomic E-state index is -3.18. The molecule has 0 radical (unpaired) electrons. The first-order chi connectivity index (χ1) is 9.61. The second-order valence-corrected chi connectivity index (χ2v) is 7.29. The van der Waals surface area contributed by atoms with Gasteiger partial charge in [0.1, 0.15) is 0 Å². The van der Waals surface area contributed by atoms with Crippen LogP contribution >= 0.6 is 11.3 Å². The third-order valence-corrected chi connectivity index (χ3v) is 5.01. The molecule has 0 saturated carbocycles. The van der Waals surface area contributed by atoms with Crippen molar-refractivity contribution in [1.29, 1.82) is 0 Å². The van der Waals surface area contributed by atoms with Crippen LogP contribution in [-0.2, 0) is 16.6 Å². The lowest BCUT2D eigenvalue weighted by molar-refractivity contribution is 0.578. The molecule has 108 valence electrons. The van der Waals surface area contributed by atoms with Crippen molar-refractivity contribution < 1.29 is 8.42 Å². The molecule has 0 aromatic carbocycles. The maximum Gasteiger partial charge on any atom is 0.211 e. The number of nitrogens with zero attached hydrogens (tertiary/aromatic N) is 1. The second-order valence-electron chi connectivity index (χ2n) is 4.59. The summed E-state index contributed by atoms with van der Waals surface area (Å²) in [6.07, 6.45) is 5.04. The third kappa shape index (κ3) is 4.40. The van der Waals surface area contributed by atoms with E-state index in [1.165, 1.54) is 0 Å². The highest BCUT2D eigenvalue weighted by Gasteiger charge is 2.09. The lowest BCUT2D eigenvalue weighted by Gasteiger charge is -2.07. The van der Waals surface area contributed by atoms with Gasteiger partial charge in [0, 0.05) is 24.5 Å². The molecule has 0 spiro atoms. The molecule has 0 aliphatic heterocycles. The molecule has 2 rings (SSSR count). The van der Waals surface area contributed by atoms with E-state index in [2.05, 4.69) is 9.71 Å². The second kappa shape index (κ2) is 6.97. The molecule has 0 bridgehead atoms. The number of hydrogen-bond donors (Lipinski definition) is 1. The number of sulfonamides is 1. The monoisotopic (exact) mass is 310 g/mol. The van der Waals surface area contributed by atoms with Crippen LogP contribution in [0, 0.1) is 0 Å². The Morgan fingerprint density at radius 1 is 1.30 bits per heavy atom. The molecule has 6 heteroatoms. The zero-order valence-corrected chi connectivity index (χ0v) is 13.0. The van der Waals surface area contributed by atoms with Gasteiger partial charge in [0.25, 0.3) is 0 Å². The van der Waals surface area contributed by atoms with Gasteiger partial charge in [0.2, 0.25) is 10.0 Å². The van der Waals surface area contributed by atoms with Crippen LogP contribution in [0.1, 0.15) is 25.3 Å². The highest BCUT2D eigenvalue weighted by Crippen LogP contribution is 2.21. The van der Waals surface area contributed by atoms with Gasteiger partial charge >= 0.3 is 0 Å². The van der Waals surface area contributed by atoms with Gasteiger partial charge in [-0.1, -0.05) is 13.3 Å². The first-order valence-corrected chi connectivity index (χ1v) is 9.14. The van der Waals surface area contributed by atoms with Crippen molar-refractivity contribution in [2.75, 3.05) is 5.75 Å². The summed E-state index contributed by atoms with van der Waals surface area (Å²) in [6, 6.07) is 3.99. The van der Waals surface area contributed by atoms with Gasteiger partial charge in [-0.2, -0.15) is 11.3 Å². The summed E-state index contributed by atoms with van der Waals surface area (Å²) in [5.74, 6) is 0.182. The molecule has 2 aromatic heterocycles. The first kappa shape index (κ1) is 15.2. The number of rotatable bonds is 7. The molecule has 0 saturated heterocycles. The van der Waals surface area contributed by atoms with Crippen molar-refractivity contribution in [3.05, 3.63) is 40.8 Å². The maximum absolute atomic E-state index is 11.7. The van der Waals surface area contributed by atoms with Crippen molar-refractivity contribution in [2.24, 2.45) is 0 Å². The summed E-state index contributed by atoms with van der Waals surface area (Å²) in [4.78, 5) is 4.17. The number of nitrogens with one attached hydrogen (secondary N) is 1. The van der Waals surface area contributed by atoms with Gasteiger partial charge < -0.3 is 0 Å². The van der Waals surface area contributed by atoms with Crippen LogP contribution in [0.2, 0.25) is 0 Å². The Morgan fingerprint density at radius 2 is 2.15 bits per heavy atom. The van der Waals surface area contributed by atoms with E-state index < -0.39 is 10.0 Å². The molecule has 0 amide bonds. The fourth-order valence-electron chi connectivity index (χ4n) is 1.77. The Labute approximate surface area is 123 Å². The van der Waals surface area contributed by atoms with Crippen LogP contribution < -0.4 is 4.72 Å². The number of aromatic nitrogens is 1. The average Bonchev–Trinajstić information content (AvgIpc) is 2.98. The van der Waals surface area contributed by atoms with Gasteiger partial charge in [-0.3, -0.25) is 4.98 Å². The van der Waals surface area contributed by atoms with E-state index in [9.17, 15) is 8.42 Å². The van der Waals surface area contributed by atoms with Crippen molar-refractivity contribution >= 4 is 21.4 Å². The lowest BCUT2D eigenvalue weighted by atomic mass is 10.1. The number of thiophene rings is 1. The molecular formula is C14H18N2O2S2. The SMILES string of the molecule is CCCCS(=O)(=O)NCc1cncc(-c2ccsc2)c1. The summed E-state index contributed by atoms with van der Waals surface area (Å²) in [7, 11) is -3.18. The molecule has 2 aromatic rings. The molecular weight excluding hydrogens is 292 g/mol. The maximum atomic E-state index is 11.7. The van der Waals surface area contributed by atoms with Crippen LogP contribution in [0.3, 0.4) is 0 Å². The van der Waals surface area contributed by atoms with Gasteiger partial charge in [-0.25, -0.2) is 13.1 Å². The van der Waals surface area contributed by atoms with E-state index in [0.29, 0.717) is 6.42 Å². The Kier molecular flexibility index (Phi) is 5.28. The Bertz CT molecular complexity index is 637. The van der Waals surface area contributed by atoms with E-state index in [1.54, 1.807) is 23.7 Å². The molecule has 1 N–H and O–H groups in total. The van der Waals surface area contributed by atoms with E-state index >= 15 is 0 Å². The van der Waals surface area contributed by atoms with Crippen molar-refractivity contribution in [1.82, 2.24) is 9.71 Å². The fourth-order valence-corrected chi connectivity index (χ4v) is 3.64. The predicted octanol–water partition coefficient (Wildman–Crippen LogP) is 3.03. The van der Waals surface area contributed by atoms with Crippen LogP contribution in [-0.4, -0.2) is 19.2 Å². The summed E-state index contributed by atoms with van der Waals surface area (Å²) in [6.45, 7) is 2.26. The molecule has 0 aliphatic carbocycles. The van der Waals surface area contributed by atoms with Gasteiger partial charge in [-0.05, 0) is 40.4 Å². The van der Waals surface area contributed by atoms with Gasteiger partial charge in [0.15, 0.2) is 0 Å². The lowest BCUT2D eigenvalue weighted by Crippen LogP contribution is -2.25. The van der Waals surface area contributed by atoms with Crippen LogP contribution in [0.4, 0.5) is 0 Å². The highest BCUT2D eigenvalue weighted by atomic mass is 32.2. The van der Waals surface area contributed by atoms with E-state index in [0.717, 1.165) is 23.1 Å². The third-order valence-electron chi connectivity index (χ3n) is 2.91. The minimum Gasteiger partial charge on any atom is -0.264 e. The van der Waals surface area contributed by atoms with E-state index in [1.807, 2.05) is 29.8 Å². The molecule has 0 unspecified atom stereocenters. The average molecular weight is 310 g/mol. The Balaban J connectivity index is 2.02. The minimum absolute atomic E-state index is 0.182. The van der Waals surface area contributed by atoms with Crippen molar-refractivity contribution in [3.8, 4) is 11.1 Å². The van der Waals surface area contributed by atoms with Crippen molar-refractivity contribution in [2.45, 2.75) is 26.3 Å². The molecule has 0 atom stereocenters. The zero-order chi connectivity index (χ0) is 14.4. The van der Waals surface area contributed by atoms with Crippen molar-refractivity contribution in [3.63, 3.8) is 0 Å². The topological polar surface area (TPSA) is 59.1 Å². The highest BCUT2D eigenvalue weighted by molar-refractivity contribution is 7.89. The predicted molar refractivity (Wildman–Crippen MR) is 83.1 cm³/mol. The van der Waals surface area contributed by atoms with Gasteiger partial charge in [0.05, 0.1) is 5.75 Å². The van der Waals surface area contributed by atoms with Crippen LogP contribution in [0.25, 0.3) is 11.1 Å². The van der Waals surface area contributed by atoms with E-state index in [-0.39, 0.29) is 12.3 Å². The number of hydrogen-bond acceptors (Lipinski definition) is 4. The van der Waals surface area contributed by atoms with E-state index in [4.69, 9.17) is 0 Å². The van der Waals surface area contributed by atoms with Crippen LogP contribution in [0.15, 0.2) is 35.3 Å². The molecule has 0 aliphatic rings. The number of unbranched alkanes of at least 4 members (excludes halogenated alkanes) is 1. The smallest absolute Gasteiger partial charge is 0.211 e. The summed E-state index contributed by atoms with van der Waals surface area (Å²) < 4.78 is 26.1. The van der Waals surface area contributed by atoms with Gasteiger partial charge in [-0.15, -0.1) is 0 Å². The largest absolute Gasteiger partial charge is 0.264 e. The molecule has 4 nitrogen and oxygen atoms in total. The van der Waals surface area contributed by atoms with Crippen LogP contribution in [0.5, 0.6) is 0 Å². The Hall–Kier alpha value is -1.24. The first-order valence-electron chi connectivity index (χ1n) is 6.54. The number of pyridine rings is 1. The summed E-state index contributed by atoms with van der Waals surface area (Å²) >= 11 is 1.63. The normalized spacial score (nSPS) is 11.7. The Morgan fingerprint density at radius 3 is 2.85 bits per heavy atom. The molecule has 0 fully saturated rings. The fraction of sp³-hybridized carbons (Fsp3) is 0.357. The zero-order valence-electron chi connectivity index (χ0n) is 11.4. The quantitative estimate of drug-likeness (QED) is 0.855.